The van der Waals surface area contributed by atoms with Crippen molar-refractivity contribution in [2.24, 2.45) is 28.6 Å². The fraction of sp³-hybridized carbons (Fsp3) is 0.675. The van der Waals surface area contributed by atoms with Gasteiger partial charge < -0.3 is 24.8 Å². The third kappa shape index (κ3) is 8.15. The average molecular weight is 737 g/mol. The molecule has 0 radical (unpaired) electrons. The van der Waals surface area contributed by atoms with E-state index in [0.717, 1.165) is 37.7 Å². The Morgan fingerprint density at radius 1 is 0.943 bits per heavy atom. The van der Waals surface area contributed by atoms with E-state index in [1.165, 1.54) is 11.3 Å². The number of carbonyl (C=O) groups excluding carboxylic acids is 4. The fourth-order valence-electron chi connectivity index (χ4n) is 8.92. The summed E-state index contributed by atoms with van der Waals surface area (Å²) in [5, 5.41) is 7.43. The van der Waals surface area contributed by atoms with Gasteiger partial charge in [-0.2, -0.15) is 5.10 Å². The van der Waals surface area contributed by atoms with E-state index in [4.69, 9.17) is 4.74 Å². The van der Waals surface area contributed by atoms with Crippen LogP contribution in [0.1, 0.15) is 88.1 Å². The van der Waals surface area contributed by atoms with Crippen LogP contribution in [-0.2, 0) is 25.7 Å². The summed E-state index contributed by atoms with van der Waals surface area (Å²) in [6.45, 7) is 7.73. The smallest absolute Gasteiger partial charge is 0.257 e. The van der Waals surface area contributed by atoms with E-state index in [0.29, 0.717) is 37.7 Å². The van der Waals surface area contributed by atoms with Crippen molar-refractivity contribution in [2.75, 3.05) is 45.9 Å². The molecular weight excluding hydrogens is 682 g/mol. The van der Waals surface area contributed by atoms with Crippen molar-refractivity contribution >= 4 is 23.6 Å². The van der Waals surface area contributed by atoms with Crippen molar-refractivity contribution in [3.8, 4) is 0 Å². The Hall–Kier alpha value is -3.87. The Morgan fingerprint density at radius 3 is 2.26 bits per heavy atom. The second-order valence-corrected chi connectivity index (χ2v) is 17.2. The minimum Gasteiger partial charge on any atom is -0.376 e. The zero-order valence-electron chi connectivity index (χ0n) is 31.3. The number of likely N-dealkylation sites (tertiary alicyclic amines) is 3. The van der Waals surface area contributed by atoms with Gasteiger partial charge in [0.2, 0.25) is 17.7 Å². The molecule has 3 aliphatic heterocycles. The number of aromatic nitrogens is 2. The van der Waals surface area contributed by atoms with Crippen LogP contribution in [0.25, 0.3) is 0 Å². The van der Waals surface area contributed by atoms with Crippen LogP contribution in [0.2, 0.25) is 0 Å². The molecule has 0 unspecified atom stereocenters. The van der Waals surface area contributed by atoms with E-state index >= 15 is 0 Å². The van der Waals surface area contributed by atoms with Crippen LogP contribution in [0.3, 0.4) is 0 Å². The number of rotatable bonds is 11. The standard InChI is InChI=1S/C40H54F2N6O5/c1-27(53-23-29-12-8-5-9-13-29)33(37(52)45-16-14-40(41,42)15-17-45)44-34(49)32-22-46(24-39(32)25-47(26-39)36(51)31-18-38(31,2)3)35(50)30-19-43-48(21-30)20-28-10-6-4-7-11-28/h4,6-7,10-11,19,21,27,29,31-33H,5,8-9,12-18,20,22-26H2,1-3H3,(H,44,49)/t27-,31-,32+,33+/m1/s1. The highest BCUT2D eigenvalue weighted by atomic mass is 19.3. The molecule has 11 nitrogen and oxygen atoms in total. The van der Waals surface area contributed by atoms with E-state index in [9.17, 15) is 28.0 Å². The summed E-state index contributed by atoms with van der Waals surface area (Å²) < 4.78 is 36.2. The zero-order valence-corrected chi connectivity index (χ0v) is 31.3. The molecule has 5 fully saturated rings. The molecule has 13 heteroatoms. The lowest BCUT2D eigenvalue weighted by Gasteiger charge is -2.50. The SMILES string of the molecule is C[C@@H](OCC1CCCCC1)[C@H](NC(=O)[C@@H]1CN(C(=O)c2cnn(Cc3ccccc3)c2)CC12CN(C(=O)[C@H]1CC1(C)C)C2)C(=O)N1CCC(F)(F)CC1. The molecule has 7 rings (SSSR count). The number of amides is 4. The van der Waals surface area contributed by atoms with Crippen LogP contribution in [0.5, 0.6) is 0 Å². The summed E-state index contributed by atoms with van der Waals surface area (Å²) >= 11 is 0. The minimum atomic E-state index is -2.83. The molecule has 2 saturated carbocycles. The molecule has 288 valence electrons. The predicted molar refractivity (Wildman–Crippen MR) is 193 cm³/mol. The van der Waals surface area contributed by atoms with Gasteiger partial charge in [0.15, 0.2) is 0 Å². The first kappa shape index (κ1) is 37.4. The summed E-state index contributed by atoms with van der Waals surface area (Å²) in [6, 6.07) is 8.73. The first-order chi connectivity index (χ1) is 25.2. The molecule has 1 aromatic carbocycles. The van der Waals surface area contributed by atoms with E-state index in [1.807, 2.05) is 30.3 Å². The van der Waals surface area contributed by atoms with Crippen molar-refractivity contribution in [1.82, 2.24) is 29.8 Å². The number of hydrogen-bond acceptors (Lipinski definition) is 6. The summed E-state index contributed by atoms with van der Waals surface area (Å²) in [5.74, 6) is -4.21. The third-order valence-electron chi connectivity index (χ3n) is 12.6. The Bertz CT molecular complexity index is 1660. The minimum absolute atomic E-state index is 0.0477. The van der Waals surface area contributed by atoms with E-state index in [1.54, 1.807) is 33.8 Å². The monoisotopic (exact) mass is 736 g/mol. The summed E-state index contributed by atoms with van der Waals surface area (Å²) in [7, 11) is 0. The van der Waals surface area contributed by atoms with Crippen LogP contribution in [0.4, 0.5) is 8.78 Å². The number of carbonyl (C=O) groups is 4. The lowest BCUT2D eigenvalue weighted by molar-refractivity contribution is -0.153. The van der Waals surface area contributed by atoms with E-state index in [-0.39, 0.29) is 49.3 Å². The van der Waals surface area contributed by atoms with E-state index < -0.39 is 54.1 Å². The molecule has 53 heavy (non-hydrogen) atoms. The Labute approximate surface area is 310 Å². The molecule has 2 aromatic rings. The highest BCUT2D eigenvalue weighted by molar-refractivity contribution is 5.96. The van der Waals surface area contributed by atoms with Gasteiger partial charge in [-0.25, -0.2) is 8.78 Å². The maximum absolute atomic E-state index is 14.5. The van der Waals surface area contributed by atoms with Gasteiger partial charge in [-0.05, 0) is 43.1 Å². The number of alkyl halides is 2. The number of nitrogens with zero attached hydrogens (tertiary/aromatic N) is 5. The lowest BCUT2D eigenvalue weighted by atomic mass is 9.70. The van der Waals surface area contributed by atoms with Gasteiger partial charge >= 0.3 is 0 Å². The number of hydrogen-bond donors (Lipinski definition) is 1. The summed E-state index contributed by atoms with van der Waals surface area (Å²) in [6.07, 6.45) is 8.08. The topological polar surface area (TPSA) is 117 Å². The summed E-state index contributed by atoms with van der Waals surface area (Å²) in [5.41, 5.74) is 0.711. The van der Waals surface area contributed by atoms with Gasteiger partial charge in [0.25, 0.3) is 11.8 Å². The number of piperidine rings is 1. The average Bonchev–Trinajstić information content (AvgIpc) is 3.42. The Kier molecular flexibility index (Phi) is 10.4. The molecule has 4 amide bonds. The Morgan fingerprint density at radius 2 is 1.60 bits per heavy atom. The number of ether oxygens (including phenoxy) is 1. The number of nitrogens with one attached hydrogen (secondary N) is 1. The van der Waals surface area contributed by atoms with Gasteiger partial charge in [0.1, 0.15) is 6.04 Å². The van der Waals surface area contributed by atoms with Gasteiger partial charge in [-0.3, -0.25) is 23.9 Å². The van der Waals surface area contributed by atoms with Crippen LogP contribution < -0.4 is 5.32 Å². The third-order valence-corrected chi connectivity index (χ3v) is 12.6. The van der Waals surface area contributed by atoms with Gasteiger partial charge in [0.05, 0.1) is 30.3 Å². The maximum Gasteiger partial charge on any atom is 0.257 e. The Balaban J connectivity index is 1.09. The second-order valence-electron chi connectivity index (χ2n) is 17.2. The summed E-state index contributed by atoms with van der Waals surface area (Å²) in [4.78, 5) is 60.8. The van der Waals surface area contributed by atoms with Crippen LogP contribution in [-0.4, -0.2) is 112 Å². The molecule has 1 spiro atoms. The van der Waals surface area contributed by atoms with Crippen molar-refractivity contribution in [1.29, 1.82) is 0 Å². The lowest BCUT2D eigenvalue weighted by Crippen LogP contribution is -2.65. The molecule has 1 aromatic heterocycles. The van der Waals surface area contributed by atoms with Crippen molar-refractivity contribution in [2.45, 2.75) is 96.8 Å². The molecule has 1 N–H and O–H groups in total. The molecule has 3 saturated heterocycles. The molecule has 4 atom stereocenters. The fourth-order valence-corrected chi connectivity index (χ4v) is 8.92. The largest absolute Gasteiger partial charge is 0.376 e. The van der Waals surface area contributed by atoms with Gasteiger partial charge in [0, 0.05) is 76.2 Å². The maximum atomic E-state index is 14.5. The second kappa shape index (κ2) is 14.8. The van der Waals surface area contributed by atoms with Gasteiger partial charge in [-0.1, -0.05) is 63.4 Å². The first-order valence-electron chi connectivity index (χ1n) is 19.5. The van der Waals surface area contributed by atoms with Crippen molar-refractivity contribution in [3.05, 3.63) is 53.9 Å². The van der Waals surface area contributed by atoms with E-state index in [2.05, 4.69) is 24.3 Å². The predicted octanol–water partition coefficient (Wildman–Crippen LogP) is 4.61. The van der Waals surface area contributed by atoms with Gasteiger partial charge in [-0.15, -0.1) is 0 Å². The number of halogens is 2. The van der Waals surface area contributed by atoms with Crippen LogP contribution >= 0.6 is 0 Å². The molecular formula is C40H54F2N6O5. The molecule has 4 heterocycles. The van der Waals surface area contributed by atoms with Crippen molar-refractivity contribution in [3.63, 3.8) is 0 Å². The van der Waals surface area contributed by atoms with Crippen molar-refractivity contribution < 1.29 is 32.7 Å². The quantitative estimate of drug-likeness (QED) is 0.361. The molecule has 0 bridgehead atoms. The zero-order chi connectivity index (χ0) is 37.5. The molecule has 2 aliphatic carbocycles. The molecule has 5 aliphatic rings. The normalized spacial score (nSPS) is 25.8. The number of benzene rings is 1. The first-order valence-corrected chi connectivity index (χ1v) is 19.5. The highest BCUT2D eigenvalue weighted by Crippen LogP contribution is 2.54. The van der Waals surface area contributed by atoms with Crippen LogP contribution in [0.15, 0.2) is 42.7 Å². The highest BCUT2D eigenvalue weighted by Gasteiger charge is 2.62. The van der Waals surface area contributed by atoms with Crippen LogP contribution in [0, 0.1) is 28.6 Å².